The van der Waals surface area contributed by atoms with E-state index in [0.717, 1.165) is 41.0 Å². The van der Waals surface area contributed by atoms with Crippen molar-refractivity contribution in [1.82, 2.24) is 0 Å². The van der Waals surface area contributed by atoms with Crippen LogP contribution in [-0.4, -0.2) is 32.5 Å². The molecular weight excluding hydrogens is 334 g/mol. The van der Waals surface area contributed by atoms with Crippen molar-refractivity contribution in [3.63, 3.8) is 0 Å². The smallest absolute Gasteiger partial charge is 0.175 e. The second-order valence-corrected chi connectivity index (χ2v) is 5.77. The van der Waals surface area contributed by atoms with Gasteiger partial charge in [-0.1, -0.05) is 0 Å². The average Bonchev–Trinajstić information content (AvgIpc) is 2.40. The van der Waals surface area contributed by atoms with E-state index in [2.05, 4.69) is 15.9 Å². The van der Waals surface area contributed by atoms with Gasteiger partial charge in [0.25, 0.3) is 0 Å². The molecule has 0 radical (unpaired) electrons. The molecule has 1 aromatic rings. The number of benzene rings is 1. The molecule has 1 atom stereocenters. The third kappa shape index (κ3) is 6.68. The Labute approximate surface area is 136 Å². The van der Waals surface area contributed by atoms with E-state index >= 15 is 0 Å². The Balaban J connectivity index is 2.76. The van der Waals surface area contributed by atoms with Gasteiger partial charge in [0.1, 0.15) is 0 Å². The van der Waals surface area contributed by atoms with E-state index in [1.807, 2.05) is 32.9 Å². The molecule has 0 aliphatic heterocycles. The summed E-state index contributed by atoms with van der Waals surface area (Å²) in [6, 6.07) is 4.17. The first kappa shape index (κ1) is 18.3. The van der Waals surface area contributed by atoms with E-state index < -0.39 is 0 Å². The fourth-order valence-corrected chi connectivity index (χ4v) is 2.60. The second-order valence-electron chi connectivity index (χ2n) is 4.92. The molecule has 0 saturated heterocycles. The van der Waals surface area contributed by atoms with Crippen molar-refractivity contribution in [1.29, 1.82) is 0 Å². The summed E-state index contributed by atoms with van der Waals surface area (Å²) in [5.41, 5.74) is 7.00. The lowest BCUT2D eigenvalue weighted by Gasteiger charge is -2.16. The Morgan fingerprint density at radius 2 is 1.90 bits per heavy atom. The molecule has 0 aliphatic rings. The van der Waals surface area contributed by atoms with Gasteiger partial charge in [-0.15, -0.1) is 0 Å². The highest BCUT2D eigenvalue weighted by molar-refractivity contribution is 9.10. The third-order valence-electron chi connectivity index (χ3n) is 2.81. The van der Waals surface area contributed by atoms with E-state index in [-0.39, 0.29) is 6.04 Å². The molecule has 2 N–H and O–H groups in total. The Bertz CT molecular complexity index is 424. The molecule has 0 bridgehead atoms. The lowest BCUT2D eigenvalue weighted by molar-refractivity contribution is 0.130. The Morgan fingerprint density at radius 1 is 1.14 bits per heavy atom. The molecule has 0 aliphatic carbocycles. The largest absolute Gasteiger partial charge is 0.490 e. The SMILES string of the molecule is CCOCCCOc1c(Br)cc(CC(C)N)cc1OCC. The van der Waals surface area contributed by atoms with Gasteiger partial charge in [-0.05, 0) is 60.8 Å². The second kappa shape index (κ2) is 10.0. The number of nitrogens with two attached hydrogens (primary N) is 1. The summed E-state index contributed by atoms with van der Waals surface area (Å²) in [5.74, 6) is 1.51. The van der Waals surface area contributed by atoms with Gasteiger partial charge in [0, 0.05) is 25.7 Å². The standard InChI is InChI=1S/C16H26BrNO3/c1-4-19-7-6-8-21-16-14(17)10-13(9-12(3)18)11-15(16)20-5-2/h10-12H,4-9,18H2,1-3H3. The van der Waals surface area contributed by atoms with Crippen LogP contribution in [-0.2, 0) is 11.2 Å². The normalized spacial score (nSPS) is 12.2. The Morgan fingerprint density at radius 3 is 2.52 bits per heavy atom. The van der Waals surface area contributed by atoms with Crippen LogP contribution in [0.4, 0.5) is 0 Å². The van der Waals surface area contributed by atoms with Crippen LogP contribution in [0.25, 0.3) is 0 Å². The van der Waals surface area contributed by atoms with Crippen LogP contribution in [0.1, 0.15) is 32.8 Å². The van der Waals surface area contributed by atoms with E-state index in [4.69, 9.17) is 19.9 Å². The lowest BCUT2D eigenvalue weighted by atomic mass is 10.1. The topological polar surface area (TPSA) is 53.7 Å². The summed E-state index contributed by atoms with van der Waals surface area (Å²) in [7, 11) is 0. The van der Waals surface area contributed by atoms with Crippen molar-refractivity contribution in [3.05, 3.63) is 22.2 Å². The highest BCUT2D eigenvalue weighted by atomic mass is 79.9. The average molecular weight is 360 g/mol. The van der Waals surface area contributed by atoms with Gasteiger partial charge in [-0.25, -0.2) is 0 Å². The molecule has 0 aromatic heterocycles. The Kier molecular flexibility index (Phi) is 8.73. The van der Waals surface area contributed by atoms with E-state index in [1.165, 1.54) is 0 Å². The monoisotopic (exact) mass is 359 g/mol. The van der Waals surface area contributed by atoms with Crippen LogP contribution in [0.2, 0.25) is 0 Å². The fourth-order valence-electron chi connectivity index (χ4n) is 1.99. The summed E-state index contributed by atoms with van der Waals surface area (Å²) >= 11 is 3.56. The summed E-state index contributed by atoms with van der Waals surface area (Å²) < 4.78 is 17.7. The van der Waals surface area contributed by atoms with Gasteiger partial charge in [-0.3, -0.25) is 0 Å². The number of hydrogen-bond acceptors (Lipinski definition) is 4. The van der Waals surface area contributed by atoms with Crippen molar-refractivity contribution >= 4 is 15.9 Å². The number of ether oxygens (including phenoxy) is 3. The minimum Gasteiger partial charge on any atom is -0.490 e. The molecule has 1 aromatic carbocycles. The maximum atomic E-state index is 5.86. The van der Waals surface area contributed by atoms with Gasteiger partial charge < -0.3 is 19.9 Å². The van der Waals surface area contributed by atoms with Gasteiger partial charge >= 0.3 is 0 Å². The third-order valence-corrected chi connectivity index (χ3v) is 3.40. The van der Waals surface area contributed by atoms with Crippen molar-refractivity contribution < 1.29 is 14.2 Å². The number of rotatable bonds is 10. The molecule has 0 fully saturated rings. The van der Waals surface area contributed by atoms with Gasteiger partial charge in [0.15, 0.2) is 11.5 Å². The van der Waals surface area contributed by atoms with Gasteiger partial charge in [-0.2, -0.15) is 0 Å². The first-order chi connectivity index (χ1) is 10.1. The fraction of sp³-hybridized carbons (Fsp3) is 0.625. The van der Waals surface area contributed by atoms with Gasteiger partial charge in [0.05, 0.1) is 17.7 Å². The maximum Gasteiger partial charge on any atom is 0.175 e. The highest BCUT2D eigenvalue weighted by Crippen LogP contribution is 2.37. The molecule has 1 rings (SSSR count). The lowest BCUT2D eigenvalue weighted by Crippen LogP contribution is -2.17. The predicted molar refractivity (Wildman–Crippen MR) is 89.3 cm³/mol. The molecule has 0 heterocycles. The van der Waals surface area contributed by atoms with E-state index in [9.17, 15) is 0 Å². The number of hydrogen-bond donors (Lipinski definition) is 1. The molecule has 4 nitrogen and oxygen atoms in total. The summed E-state index contributed by atoms with van der Waals surface area (Å²) in [4.78, 5) is 0. The summed E-state index contributed by atoms with van der Waals surface area (Å²) in [6.45, 7) is 8.59. The quantitative estimate of drug-likeness (QED) is 0.649. The van der Waals surface area contributed by atoms with Crippen LogP contribution in [0, 0.1) is 0 Å². The first-order valence-corrected chi connectivity index (χ1v) is 8.29. The molecule has 0 saturated carbocycles. The summed E-state index contributed by atoms with van der Waals surface area (Å²) in [6.07, 6.45) is 1.66. The molecule has 5 heteroatoms. The summed E-state index contributed by atoms with van der Waals surface area (Å²) in [5, 5.41) is 0. The molecule has 0 amide bonds. The minimum atomic E-state index is 0.115. The van der Waals surface area contributed by atoms with Crippen LogP contribution in [0.5, 0.6) is 11.5 Å². The van der Waals surface area contributed by atoms with Crippen LogP contribution in [0.15, 0.2) is 16.6 Å². The van der Waals surface area contributed by atoms with E-state index in [1.54, 1.807) is 0 Å². The molecule has 120 valence electrons. The molecule has 1 unspecified atom stereocenters. The first-order valence-electron chi connectivity index (χ1n) is 7.49. The Hall–Kier alpha value is -0.780. The van der Waals surface area contributed by atoms with E-state index in [0.29, 0.717) is 19.8 Å². The number of halogens is 1. The molecule has 21 heavy (non-hydrogen) atoms. The van der Waals surface area contributed by atoms with Crippen LogP contribution in [0.3, 0.4) is 0 Å². The zero-order chi connectivity index (χ0) is 15.7. The highest BCUT2D eigenvalue weighted by Gasteiger charge is 2.13. The van der Waals surface area contributed by atoms with Crippen molar-refractivity contribution in [3.8, 4) is 11.5 Å². The predicted octanol–water partition coefficient (Wildman–Crippen LogP) is 3.54. The zero-order valence-electron chi connectivity index (χ0n) is 13.2. The van der Waals surface area contributed by atoms with Crippen molar-refractivity contribution in [2.45, 2.75) is 39.7 Å². The van der Waals surface area contributed by atoms with Crippen LogP contribution >= 0.6 is 15.9 Å². The molecule has 0 spiro atoms. The van der Waals surface area contributed by atoms with Crippen molar-refractivity contribution in [2.75, 3.05) is 26.4 Å². The maximum absolute atomic E-state index is 5.86. The zero-order valence-corrected chi connectivity index (χ0v) is 14.7. The molecular formula is C16H26BrNO3. The van der Waals surface area contributed by atoms with Crippen LogP contribution < -0.4 is 15.2 Å². The van der Waals surface area contributed by atoms with Gasteiger partial charge in [0.2, 0.25) is 0 Å². The van der Waals surface area contributed by atoms with Crippen molar-refractivity contribution in [2.24, 2.45) is 5.73 Å². The minimum absolute atomic E-state index is 0.115.